The molecule has 1 aliphatic heterocycles. The Balaban J connectivity index is 1.56. The van der Waals surface area contributed by atoms with Crippen molar-refractivity contribution in [1.29, 1.82) is 0 Å². The Morgan fingerprint density at radius 3 is 2.32 bits per heavy atom. The largest absolute Gasteiger partial charge is 0.494 e. The Bertz CT molecular complexity index is 1430. The molecule has 3 heterocycles. The van der Waals surface area contributed by atoms with Gasteiger partial charge in [-0.3, -0.25) is 0 Å². The fraction of sp³-hybridized carbons (Fsp3) is 0.400. The van der Waals surface area contributed by atoms with Crippen molar-refractivity contribution in [2.75, 3.05) is 43.2 Å². The van der Waals surface area contributed by atoms with Gasteiger partial charge in [-0.05, 0) is 65.8 Å². The number of nitrogens with zero attached hydrogens (tertiary/aromatic N) is 5. The van der Waals surface area contributed by atoms with Crippen molar-refractivity contribution in [3.05, 3.63) is 65.1 Å². The number of aryl methyl sites for hydroxylation is 4. The minimum absolute atomic E-state index is 0.351. The fourth-order valence-electron chi connectivity index (χ4n) is 5.73. The van der Waals surface area contributed by atoms with Crippen LogP contribution >= 0.6 is 0 Å². The van der Waals surface area contributed by atoms with Gasteiger partial charge in [0.25, 0.3) is 0 Å². The molecule has 0 N–H and O–H groups in total. The van der Waals surface area contributed by atoms with E-state index in [4.69, 9.17) is 14.6 Å². The van der Waals surface area contributed by atoms with E-state index in [-0.39, 0.29) is 0 Å². The summed E-state index contributed by atoms with van der Waals surface area (Å²) in [6, 6.07) is 15.2. The molecule has 37 heavy (non-hydrogen) atoms. The third-order valence-electron chi connectivity index (χ3n) is 7.52. The molecule has 1 fully saturated rings. The maximum Gasteiger partial charge on any atom is 0.161 e. The number of piperazine rings is 1. The summed E-state index contributed by atoms with van der Waals surface area (Å²) in [6.45, 7) is 16.1. The van der Waals surface area contributed by atoms with E-state index in [1.54, 1.807) is 7.11 Å². The van der Waals surface area contributed by atoms with E-state index in [1.165, 1.54) is 11.3 Å². The van der Waals surface area contributed by atoms with E-state index in [0.717, 1.165) is 70.5 Å². The van der Waals surface area contributed by atoms with Crippen molar-refractivity contribution in [2.24, 2.45) is 0 Å². The maximum absolute atomic E-state index is 5.80. The standard InChI is InChI=1S/C30H37N5O2/c1-8-37-25-13-14-26(27(17-25)36-7)35-22(5)28-21(4)31-32-30(29(28)23(35)6)33-15-16-34(20(3)18-33)24-11-9-19(2)10-12-24/h9-14,17,20H,8,15-16,18H2,1-7H3. The van der Waals surface area contributed by atoms with Gasteiger partial charge in [0, 0.05) is 59.6 Å². The zero-order chi connectivity index (χ0) is 26.3. The molecular weight excluding hydrogens is 462 g/mol. The lowest BCUT2D eigenvalue weighted by Gasteiger charge is -2.42. The quantitative estimate of drug-likeness (QED) is 0.335. The van der Waals surface area contributed by atoms with Gasteiger partial charge in [-0.1, -0.05) is 17.7 Å². The number of fused-ring (bicyclic) bond motifs is 1. The van der Waals surface area contributed by atoms with Gasteiger partial charge in [0.05, 0.1) is 25.1 Å². The summed E-state index contributed by atoms with van der Waals surface area (Å²) in [6.07, 6.45) is 0. The summed E-state index contributed by atoms with van der Waals surface area (Å²) >= 11 is 0. The topological polar surface area (TPSA) is 55.7 Å². The molecule has 0 bridgehead atoms. The molecule has 4 aromatic rings. The summed E-state index contributed by atoms with van der Waals surface area (Å²) in [5.41, 5.74) is 6.76. The number of hydrogen-bond acceptors (Lipinski definition) is 6. The minimum atomic E-state index is 0.351. The molecule has 7 nitrogen and oxygen atoms in total. The van der Waals surface area contributed by atoms with Gasteiger partial charge in [-0.2, -0.15) is 5.10 Å². The predicted octanol–water partition coefficient (Wildman–Crippen LogP) is 5.78. The zero-order valence-electron chi connectivity index (χ0n) is 23.0. The molecule has 0 radical (unpaired) electrons. The Morgan fingerprint density at radius 2 is 1.65 bits per heavy atom. The lowest BCUT2D eigenvalue weighted by atomic mass is 10.1. The van der Waals surface area contributed by atoms with Crippen LogP contribution in [0.15, 0.2) is 42.5 Å². The van der Waals surface area contributed by atoms with Crippen LogP contribution in [-0.4, -0.2) is 54.2 Å². The van der Waals surface area contributed by atoms with Gasteiger partial charge in [-0.15, -0.1) is 5.10 Å². The average Bonchev–Trinajstić information content (AvgIpc) is 3.16. The highest BCUT2D eigenvalue weighted by Crippen LogP contribution is 2.39. The first-order chi connectivity index (χ1) is 17.8. The molecule has 0 saturated carbocycles. The lowest BCUT2D eigenvalue weighted by molar-refractivity contribution is 0.336. The van der Waals surface area contributed by atoms with Crippen LogP contribution in [0.3, 0.4) is 0 Å². The molecule has 2 aromatic carbocycles. The monoisotopic (exact) mass is 499 g/mol. The van der Waals surface area contributed by atoms with Gasteiger partial charge in [0.15, 0.2) is 5.82 Å². The van der Waals surface area contributed by atoms with Crippen LogP contribution in [-0.2, 0) is 0 Å². The van der Waals surface area contributed by atoms with Crippen molar-refractivity contribution in [3.8, 4) is 17.2 Å². The molecule has 0 spiro atoms. The van der Waals surface area contributed by atoms with Gasteiger partial charge in [-0.25, -0.2) is 0 Å². The SMILES string of the molecule is CCOc1ccc(-n2c(C)c3c(C)nnc(N4CCN(c5ccc(C)cc5)C(C)C4)c3c2C)c(OC)c1. The summed E-state index contributed by atoms with van der Waals surface area (Å²) in [5, 5.41) is 11.7. The van der Waals surface area contributed by atoms with Gasteiger partial charge >= 0.3 is 0 Å². The van der Waals surface area contributed by atoms with Crippen LogP contribution in [0, 0.1) is 27.7 Å². The second-order valence-corrected chi connectivity index (χ2v) is 9.96. The minimum Gasteiger partial charge on any atom is -0.494 e. The Hall–Kier alpha value is -3.74. The van der Waals surface area contributed by atoms with Crippen molar-refractivity contribution < 1.29 is 9.47 Å². The van der Waals surface area contributed by atoms with Crippen LogP contribution in [0.5, 0.6) is 11.5 Å². The number of anilines is 2. The molecule has 5 rings (SSSR count). The van der Waals surface area contributed by atoms with Crippen LogP contribution in [0.25, 0.3) is 16.5 Å². The third kappa shape index (κ3) is 4.37. The highest BCUT2D eigenvalue weighted by Gasteiger charge is 2.29. The molecule has 1 saturated heterocycles. The molecule has 1 atom stereocenters. The molecule has 0 amide bonds. The average molecular weight is 500 g/mol. The Labute approximate surface area is 219 Å². The molecular formula is C30H37N5O2. The highest BCUT2D eigenvalue weighted by molar-refractivity contribution is 5.99. The van der Waals surface area contributed by atoms with Crippen molar-refractivity contribution in [3.63, 3.8) is 0 Å². The normalized spacial score (nSPS) is 15.9. The van der Waals surface area contributed by atoms with E-state index in [1.807, 2.05) is 26.0 Å². The maximum atomic E-state index is 5.80. The summed E-state index contributed by atoms with van der Waals surface area (Å²) < 4.78 is 13.8. The summed E-state index contributed by atoms with van der Waals surface area (Å²) in [7, 11) is 1.71. The van der Waals surface area contributed by atoms with E-state index in [2.05, 4.69) is 77.5 Å². The number of benzene rings is 2. The van der Waals surface area contributed by atoms with E-state index >= 15 is 0 Å². The lowest BCUT2D eigenvalue weighted by Crippen LogP contribution is -2.52. The summed E-state index contributed by atoms with van der Waals surface area (Å²) in [4.78, 5) is 4.89. The van der Waals surface area contributed by atoms with E-state index in [0.29, 0.717) is 12.6 Å². The number of hydrogen-bond donors (Lipinski definition) is 0. The van der Waals surface area contributed by atoms with Crippen molar-refractivity contribution in [1.82, 2.24) is 14.8 Å². The Morgan fingerprint density at radius 1 is 0.919 bits per heavy atom. The molecule has 0 aliphatic carbocycles. The summed E-state index contributed by atoms with van der Waals surface area (Å²) in [5.74, 6) is 2.54. The van der Waals surface area contributed by atoms with Crippen LogP contribution in [0.1, 0.15) is 36.5 Å². The third-order valence-corrected chi connectivity index (χ3v) is 7.52. The molecule has 7 heteroatoms. The first-order valence-electron chi connectivity index (χ1n) is 13.1. The second-order valence-electron chi connectivity index (χ2n) is 9.96. The number of aromatic nitrogens is 3. The number of methoxy groups -OCH3 is 1. The molecule has 2 aromatic heterocycles. The van der Waals surface area contributed by atoms with Crippen LogP contribution in [0.4, 0.5) is 11.5 Å². The smallest absolute Gasteiger partial charge is 0.161 e. The first kappa shape index (κ1) is 24.9. The van der Waals surface area contributed by atoms with Gasteiger partial charge in [0.2, 0.25) is 0 Å². The van der Waals surface area contributed by atoms with Crippen LogP contribution < -0.4 is 19.3 Å². The second kappa shape index (κ2) is 9.96. The van der Waals surface area contributed by atoms with Gasteiger partial charge < -0.3 is 23.8 Å². The Kier molecular flexibility index (Phi) is 6.71. The van der Waals surface area contributed by atoms with Crippen molar-refractivity contribution >= 4 is 22.3 Å². The van der Waals surface area contributed by atoms with Gasteiger partial charge in [0.1, 0.15) is 11.5 Å². The predicted molar refractivity (Wildman–Crippen MR) is 151 cm³/mol. The fourth-order valence-corrected chi connectivity index (χ4v) is 5.73. The number of ether oxygens (including phenoxy) is 2. The van der Waals surface area contributed by atoms with Crippen LogP contribution in [0.2, 0.25) is 0 Å². The molecule has 1 aliphatic rings. The molecule has 194 valence electrons. The van der Waals surface area contributed by atoms with Crippen molar-refractivity contribution in [2.45, 2.75) is 47.6 Å². The molecule has 1 unspecified atom stereocenters. The zero-order valence-corrected chi connectivity index (χ0v) is 23.0. The van der Waals surface area contributed by atoms with E-state index in [9.17, 15) is 0 Å². The number of rotatable bonds is 6. The van der Waals surface area contributed by atoms with E-state index < -0.39 is 0 Å². The highest BCUT2D eigenvalue weighted by atomic mass is 16.5. The first-order valence-corrected chi connectivity index (χ1v) is 13.1.